The van der Waals surface area contributed by atoms with Crippen LogP contribution in [0.15, 0.2) is 28.7 Å². The zero-order chi connectivity index (χ0) is 28.9. The molecule has 7 N–H and O–H groups in total. The van der Waals surface area contributed by atoms with E-state index in [-0.39, 0.29) is 36.1 Å². The molecule has 0 aromatic heterocycles. The summed E-state index contributed by atoms with van der Waals surface area (Å²) in [5, 5.41) is 47.5. The average molecular weight is 554 g/mol. The number of anilines is 1. The van der Waals surface area contributed by atoms with Crippen molar-refractivity contribution in [2.45, 2.75) is 69.9 Å². The Morgan fingerprint density at radius 2 is 1.82 bits per heavy atom. The molecule has 1 aromatic rings. The molecule has 1 amide bonds. The molecule has 4 aliphatic carbocycles. The number of fused-ring (bicyclic) bond motifs is 3. The Morgan fingerprint density at radius 3 is 2.48 bits per heavy atom. The summed E-state index contributed by atoms with van der Waals surface area (Å²) in [7, 11) is 3.75. The first-order valence-corrected chi connectivity index (χ1v) is 14.2. The van der Waals surface area contributed by atoms with Gasteiger partial charge in [0.05, 0.1) is 5.56 Å². The first-order valence-electron chi connectivity index (χ1n) is 14.2. The number of benzene rings is 1. The molecule has 1 aromatic carbocycles. The lowest BCUT2D eigenvalue weighted by molar-refractivity contribution is -0.144. The minimum Gasteiger partial charge on any atom is -0.511 e. The van der Waals surface area contributed by atoms with Crippen LogP contribution in [0.5, 0.6) is 5.75 Å². The van der Waals surface area contributed by atoms with Crippen LogP contribution in [-0.2, 0) is 22.6 Å². The Morgan fingerprint density at radius 1 is 1.12 bits per heavy atom. The third-order valence-electron chi connectivity index (χ3n) is 9.33. The number of carbonyl (C=O) groups is 3. The number of ketones is 2. The van der Waals surface area contributed by atoms with Crippen molar-refractivity contribution in [2.75, 3.05) is 25.5 Å². The van der Waals surface area contributed by atoms with Gasteiger partial charge in [0.15, 0.2) is 11.4 Å². The van der Waals surface area contributed by atoms with Gasteiger partial charge >= 0.3 is 0 Å². The second kappa shape index (κ2) is 10.6. The molecule has 5 rings (SSSR count). The number of hydrogen-bond donors (Lipinski definition) is 6. The van der Waals surface area contributed by atoms with Crippen LogP contribution in [0.25, 0.3) is 0 Å². The molecule has 1 unspecified atom stereocenters. The van der Waals surface area contributed by atoms with Crippen molar-refractivity contribution >= 4 is 23.2 Å². The first kappa shape index (κ1) is 28.2. The van der Waals surface area contributed by atoms with Gasteiger partial charge in [-0.05, 0) is 54.8 Å². The van der Waals surface area contributed by atoms with Crippen molar-refractivity contribution in [1.82, 2.24) is 5.32 Å². The number of rotatable bonds is 7. The molecule has 0 heterocycles. The number of amides is 1. The maximum absolute atomic E-state index is 13.8. The van der Waals surface area contributed by atoms with Crippen molar-refractivity contribution in [3.63, 3.8) is 0 Å². The summed E-state index contributed by atoms with van der Waals surface area (Å²) in [6.07, 6.45) is 7.71. The maximum atomic E-state index is 13.8. The lowest BCUT2D eigenvalue weighted by Gasteiger charge is -2.46. The SMILES string of the molecule is CN(C)c1c(CNCCC2CCCCC2)cc(O)c2c1CC1C[C@H]3CC(O)=C(C(N)=O)C(=O)[C@@]3(O)C(O)=C1C2=O. The number of hydrogen-bond acceptors (Lipinski definition) is 9. The number of primary amides is 1. The molecule has 10 nitrogen and oxygen atoms in total. The van der Waals surface area contributed by atoms with E-state index in [4.69, 9.17) is 5.73 Å². The molecule has 1 fully saturated rings. The average Bonchev–Trinajstić information content (AvgIpc) is 2.88. The van der Waals surface area contributed by atoms with Crippen molar-refractivity contribution in [3.8, 4) is 5.75 Å². The van der Waals surface area contributed by atoms with Gasteiger partial charge in [-0.1, -0.05) is 32.1 Å². The summed E-state index contributed by atoms with van der Waals surface area (Å²) in [6.45, 7) is 1.37. The minimum absolute atomic E-state index is 0.0336. The number of phenolic OH excluding ortho intramolecular Hbond substituents is 1. The van der Waals surface area contributed by atoms with E-state index in [1.165, 1.54) is 32.1 Å². The molecule has 3 atom stereocenters. The van der Waals surface area contributed by atoms with Crippen LogP contribution in [0, 0.1) is 17.8 Å². The van der Waals surface area contributed by atoms with Crippen LogP contribution in [0.3, 0.4) is 0 Å². The van der Waals surface area contributed by atoms with Gasteiger partial charge in [-0.3, -0.25) is 14.4 Å². The first-order chi connectivity index (χ1) is 19.0. The molecule has 0 aliphatic heterocycles. The van der Waals surface area contributed by atoms with Crippen molar-refractivity contribution in [3.05, 3.63) is 45.4 Å². The molecule has 0 bridgehead atoms. The van der Waals surface area contributed by atoms with E-state index in [2.05, 4.69) is 5.32 Å². The highest BCUT2D eigenvalue weighted by molar-refractivity contribution is 6.24. The lowest BCUT2D eigenvalue weighted by atomic mass is 9.60. The predicted octanol–water partition coefficient (Wildman–Crippen LogP) is 2.71. The standard InChI is InChI=1S/C30H39N3O7/c1-33(2)25-17(14-32-9-8-15-6-4-3-5-7-15)12-20(34)23-19(25)11-16-10-18-13-21(35)24(29(31)39)28(38)30(18,40)27(37)22(16)26(23)36/h12,15-16,18,32,34-35,37,40H,3-11,13-14H2,1-2H3,(H2,31,39)/t16?,18-,30-/m0/s1. The number of aromatic hydroxyl groups is 1. The Labute approximate surface area is 233 Å². The fourth-order valence-electron chi connectivity index (χ4n) is 7.44. The molecule has 4 aliphatic rings. The number of phenols is 1. The molecule has 0 saturated heterocycles. The number of aliphatic hydroxyl groups is 3. The number of Topliss-reactive ketones (excluding diaryl/α,β-unsaturated/α-hetero) is 2. The normalized spacial score (nSPS) is 26.9. The quantitative estimate of drug-likeness (QED) is 0.219. The third kappa shape index (κ3) is 4.47. The molecular weight excluding hydrogens is 514 g/mol. The van der Waals surface area contributed by atoms with Gasteiger partial charge in [-0.2, -0.15) is 0 Å². The Kier molecular flexibility index (Phi) is 7.43. The van der Waals surface area contributed by atoms with E-state index in [0.717, 1.165) is 30.1 Å². The van der Waals surface area contributed by atoms with E-state index in [9.17, 15) is 34.8 Å². The summed E-state index contributed by atoms with van der Waals surface area (Å²) in [4.78, 5) is 40.7. The maximum Gasteiger partial charge on any atom is 0.255 e. The zero-order valence-electron chi connectivity index (χ0n) is 23.1. The van der Waals surface area contributed by atoms with Gasteiger partial charge in [0, 0.05) is 44.2 Å². The van der Waals surface area contributed by atoms with Crippen LogP contribution in [0.4, 0.5) is 5.69 Å². The summed E-state index contributed by atoms with van der Waals surface area (Å²) in [5.41, 5.74) is 4.12. The second-order valence-electron chi connectivity index (χ2n) is 12.0. The molecular formula is C30H39N3O7. The van der Waals surface area contributed by atoms with E-state index >= 15 is 0 Å². The number of allylic oxidation sites excluding steroid dienone is 2. The smallest absolute Gasteiger partial charge is 0.255 e. The van der Waals surface area contributed by atoms with Gasteiger partial charge in [0.25, 0.3) is 5.91 Å². The van der Waals surface area contributed by atoms with Gasteiger partial charge < -0.3 is 36.4 Å². The molecule has 0 radical (unpaired) electrons. The summed E-state index contributed by atoms with van der Waals surface area (Å²) < 4.78 is 0. The fraction of sp³-hybridized carbons (Fsp3) is 0.567. The van der Waals surface area contributed by atoms with Gasteiger partial charge in [-0.15, -0.1) is 0 Å². The number of nitrogens with zero attached hydrogens (tertiary/aromatic N) is 1. The molecule has 40 heavy (non-hydrogen) atoms. The Hall–Kier alpha value is -3.37. The number of aliphatic hydroxyl groups excluding tert-OH is 2. The third-order valence-corrected chi connectivity index (χ3v) is 9.33. The molecule has 1 saturated carbocycles. The van der Waals surface area contributed by atoms with Crippen LogP contribution < -0.4 is 16.0 Å². The predicted molar refractivity (Wildman–Crippen MR) is 148 cm³/mol. The number of nitrogens with two attached hydrogens (primary N) is 1. The zero-order valence-corrected chi connectivity index (χ0v) is 23.1. The topological polar surface area (TPSA) is 173 Å². The van der Waals surface area contributed by atoms with Crippen molar-refractivity contribution in [2.24, 2.45) is 23.5 Å². The lowest BCUT2D eigenvalue weighted by Crippen LogP contribution is -2.57. The molecule has 0 spiro atoms. The Bertz CT molecular complexity index is 1320. The van der Waals surface area contributed by atoms with Crippen molar-refractivity contribution < 1.29 is 34.8 Å². The number of nitrogens with one attached hydrogen (secondary N) is 1. The highest BCUT2D eigenvalue weighted by atomic mass is 16.3. The van der Waals surface area contributed by atoms with Crippen LogP contribution in [0.2, 0.25) is 0 Å². The van der Waals surface area contributed by atoms with Crippen molar-refractivity contribution in [1.29, 1.82) is 0 Å². The van der Waals surface area contributed by atoms with Gasteiger partial charge in [-0.25, -0.2) is 0 Å². The summed E-state index contributed by atoms with van der Waals surface area (Å²) in [5.74, 6) is -5.47. The van der Waals surface area contributed by atoms with Gasteiger partial charge in [0.2, 0.25) is 5.78 Å². The summed E-state index contributed by atoms with van der Waals surface area (Å²) >= 11 is 0. The van der Waals surface area contributed by atoms with E-state index in [1.807, 2.05) is 19.0 Å². The van der Waals surface area contributed by atoms with Crippen LogP contribution >= 0.6 is 0 Å². The summed E-state index contributed by atoms with van der Waals surface area (Å²) in [6, 6.07) is 1.57. The molecule has 216 valence electrons. The largest absolute Gasteiger partial charge is 0.511 e. The van der Waals surface area contributed by atoms with E-state index in [1.54, 1.807) is 6.07 Å². The fourth-order valence-corrected chi connectivity index (χ4v) is 7.44. The second-order valence-corrected chi connectivity index (χ2v) is 12.0. The highest BCUT2D eigenvalue weighted by Crippen LogP contribution is 2.52. The minimum atomic E-state index is -2.56. The Balaban J connectivity index is 1.48. The monoisotopic (exact) mass is 553 g/mol. The van der Waals surface area contributed by atoms with Crippen LogP contribution in [0.1, 0.15) is 72.9 Å². The van der Waals surface area contributed by atoms with E-state index < -0.39 is 52.0 Å². The van der Waals surface area contributed by atoms with Crippen LogP contribution in [-0.4, -0.2) is 64.1 Å². The van der Waals surface area contributed by atoms with E-state index in [0.29, 0.717) is 12.1 Å². The van der Waals surface area contributed by atoms with Gasteiger partial charge in [0.1, 0.15) is 22.8 Å². The molecule has 10 heteroatoms. The number of carbonyl (C=O) groups excluding carboxylic acids is 3. The highest BCUT2D eigenvalue weighted by Gasteiger charge is 2.59.